The van der Waals surface area contributed by atoms with Gasteiger partial charge in [0, 0.05) is 23.3 Å². The molecule has 3 aromatic rings. The average Bonchev–Trinajstić information content (AvgIpc) is 3.29. The third-order valence-electron chi connectivity index (χ3n) is 5.20. The molecular formula is C24H24O6. The minimum Gasteiger partial charge on any atom is -0.497 e. The van der Waals surface area contributed by atoms with Crippen molar-refractivity contribution in [1.29, 1.82) is 0 Å². The Balaban J connectivity index is 2.05. The Morgan fingerprint density at radius 1 is 0.733 bits per heavy atom. The van der Waals surface area contributed by atoms with E-state index in [4.69, 9.17) is 23.7 Å². The lowest BCUT2D eigenvalue weighted by molar-refractivity contribution is 0.170. The Labute approximate surface area is 175 Å². The number of rotatable bonds is 7. The van der Waals surface area contributed by atoms with E-state index in [9.17, 15) is 5.11 Å². The Morgan fingerprint density at radius 3 is 1.77 bits per heavy atom. The molecule has 1 N–H and O–H groups in total. The van der Waals surface area contributed by atoms with E-state index in [0.29, 0.717) is 23.7 Å². The molecule has 0 spiro atoms. The van der Waals surface area contributed by atoms with Gasteiger partial charge < -0.3 is 28.8 Å². The SMILES string of the molecule is COc1ccc(-c2c(CCO)c3c(c(OC)c2-c2ccc(OC)cc2)OCO3)cc1. The van der Waals surface area contributed by atoms with Crippen molar-refractivity contribution in [3.8, 4) is 51.0 Å². The fourth-order valence-corrected chi connectivity index (χ4v) is 3.82. The molecule has 0 amide bonds. The number of hydrogen-bond donors (Lipinski definition) is 1. The highest BCUT2D eigenvalue weighted by Gasteiger charge is 2.31. The molecule has 0 aliphatic carbocycles. The molecule has 3 aromatic carbocycles. The van der Waals surface area contributed by atoms with Crippen LogP contribution in [0.2, 0.25) is 0 Å². The molecule has 6 heteroatoms. The molecule has 30 heavy (non-hydrogen) atoms. The van der Waals surface area contributed by atoms with Crippen LogP contribution in [-0.2, 0) is 6.42 Å². The van der Waals surface area contributed by atoms with E-state index in [-0.39, 0.29) is 13.4 Å². The summed E-state index contributed by atoms with van der Waals surface area (Å²) in [5.74, 6) is 3.30. The summed E-state index contributed by atoms with van der Waals surface area (Å²) < 4.78 is 28.0. The summed E-state index contributed by atoms with van der Waals surface area (Å²) in [6, 6.07) is 15.6. The first-order chi connectivity index (χ1) is 14.7. The van der Waals surface area contributed by atoms with Gasteiger partial charge in [-0.15, -0.1) is 0 Å². The van der Waals surface area contributed by atoms with Crippen molar-refractivity contribution in [2.75, 3.05) is 34.7 Å². The van der Waals surface area contributed by atoms with Crippen LogP contribution in [0.5, 0.6) is 28.7 Å². The van der Waals surface area contributed by atoms with Crippen LogP contribution < -0.4 is 23.7 Å². The summed E-state index contributed by atoms with van der Waals surface area (Å²) in [4.78, 5) is 0. The lowest BCUT2D eigenvalue weighted by Gasteiger charge is -2.21. The van der Waals surface area contributed by atoms with Crippen LogP contribution in [0.15, 0.2) is 48.5 Å². The van der Waals surface area contributed by atoms with Crippen molar-refractivity contribution in [3.63, 3.8) is 0 Å². The van der Waals surface area contributed by atoms with Crippen LogP contribution >= 0.6 is 0 Å². The molecule has 0 saturated carbocycles. The predicted octanol–water partition coefficient (Wildman–Crippen LogP) is 4.31. The molecule has 0 atom stereocenters. The Kier molecular flexibility index (Phi) is 5.68. The maximum absolute atomic E-state index is 9.80. The maximum atomic E-state index is 9.80. The molecule has 0 fully saturated rings. The van der Waals surface area contributed by atoms with E-state index >= 15 is 0 Å². The van der Waals surface area contributed by atoms with E-state index in [2.05, 4.69) is 0 Å². The number of hydrogen-bond acceptors (Lipinski definition) is 6. The average molecular weight is 408 g/mol. The largest absolute Gasteiger partial charge is 0.497 e. The number of benzene rings is 3. The van der Waals surface area contributed by atoms with E-state index < -0.39 is 0 Å². The number of ether oxygens (including phenoxy) is 5. The van der Waals surface area contributed by atoms with Crippen LogP contribution in [0, 0.1) is 0 Å². The standard InChI is InChI=1S/C24H24O6/c1-26-17-8-4-15(5-9-17)20-19(12-13-25)22-24(30-14-29-22)23(28-3)21(20)16-6-10-18(27-2)11-7-16/h4-11,25H,12-14H2,1-3H3. The summed E-state index contributed by atoms with van der Waals surface area (Å²) in [5.41, 5.74) is 4.58. The van der Waals surface area contributed by atoms with Gasteiger partial charge in [0.1, 0.15) is 11.5 Å². The molecular weight excluding hydrogens is 384 g/mol. The summed E-state index contributed by atoms with van der Waals surface area (Å²) in [6.07, 6.45) is 0.417. The second-order valence-corrected chi connectivity index (χ2v) is 6.76. The topological polar surface area (TPSA) is 66.4 Å². The van der Waals surface area contributed by atoms with E-state index in [1.807, 2.05) is 48.5 Å². The van der Waals surface area contributed by atoms with Gasteiger partial charge in [-0.25, -0.2) is 0 Å². The molecule has 0 unspecified atom stereocenters. The fraction of sp³-hybridized carbons (Fsp3) is 0.250. The van der Waals surface area contributed by atoms with Gasteiger partial charge in [0.2, 0.25) is 12.5 Å². The molecule has 0 saturated heterocycles. The van der Waals surface area contributed by atoms with Crippen LogP contribution in [0.3, 0.4) is 0 Å². The normalized spacial score (nSPS) is 12.0. The lowest BCUT2D eigenvalue weighted by atomic mass is 9.87. The molecule has 1 aliphatic heterocycles. The van der Waals surface area contributed by atoms with Crippen molar-refractivity contribution >= 4 is 0 Å². The van der Waals surface area contributed by atoms with Gasteiger partial charge in [-0.2, -0.15) is 0 Å². The van der Waals surface area contributed by atoms with Crippen molar-refractivity contribution in [1.82, 2.24) is 0 Å². The summed E-state index contributed by atoms with van der Waals surface area (Å²) in [7, 11) is 4.89. The highest BCUT2D eigenvalue weighted by atomic mass is 16.7. The van der Waals surface area contributed by atoms with Crippen molar-refractivity contribution in [2.24, 2.45) is 0 Å². The minimum atomic E-state index is -0.0205. The Hall–Kier alpha value is -3.38. The third-order valence-corrected chi connectivity index (χ3v) is 5.20. The van der Waals surface area contributed by atoms with Crippen molar-refractivity contribution in [2.45, 2.75) is 6.42 Å². The summed E-state index contributed by atoms with van der Waals surface area (Å²) in [5, 5.41) is 9.80. The van der Waals surface area contributed by atoms with Gasteiger partial charge in [0.25, 0.3) is 0 Å². The number of methoxy groups -OCH3 is 3. The van der Waals surface area contributed by atoms with Crippen molar-refractivity contribution < 1.29 is 28.8 Å². The number of aliphatic hydroxyl groups is 1. The van der Waals surface area contributed by atoms with Gasteiger partial charge in [-0.1, -0.05) is 24.3 Å². The molecule has 6 nitrogen and oxygen atoms in total. The Bertz CT molecular complexity index is 1030. The van der Waals surface area contributed by atoms with Gasteiger partial charge in [0.05, 0.1) is 21.3 Å². The zero-order chi connectivity index (χ0) is 21.1. The monoisotopic (exact) mass is 408 g/mol. The first-order valence-corrected chi connectivity index (χ1v) is 9.64. The second kappa shape index (κ2) is 8.55. The first-order valence-electron chi connectivity index (χ1n) is 9.64. The van der Waals surface area contributed by atoms with Crippen LogP contribution in [0.1, 0.15) is 5.56 Å². The van der Waals surface area contributed by atoms with E-state index in [0.717, 1.165) is 39.3 Å². The van der Waals surface area contributed by atoms with Gasteiger partial charge in [-0.3, -0.25) is 0 Å². The lowest BCUT2D eigenvalue weighted by Crippen LogP contribution is -2.02. The molecule has 156 valence electrons. The van der Waals surface area contributed by atoms with Gasteiger partial charge in [0.15, 0.2) is 11.5 Å². The minimum absolute atomic E-state index is 0.0205. The zero-order valence-electron chi connectivity index (χ0n) is 17.2. The molecule has 0 radical (unpaired) electrons. The molecule has 0 aromatic heterocycles. The molecule has 0 bridgehead atoms. The highest BCUT2D eigenvalue weighted by Crippen LogP contribution is 2.55. The maximum Gasteiger partial charge on any atom is 0.231 e. The number of fused-ring (bicyclic) bond motifs is 1. The second-order valence-electron chi connectivity index (χ2n) is 6.76. The highest BCUT2D eigenvalue weighted by molar-refractivity contribution is 5.94. The Morgan fingerprint density at radius 2 is 1.27 bits per heavy atom. The van der Waals surface area contributed by atoms with E-state index in [1.54, 1.807) is 21.3 Å². The quantitative estimate of drug-likeness (QED) is 0.628. The molecule has 4 rings (SSSR count). The molecule has 1 aliphatic rings. The van der Waals surface area contributed by atoms with Crippen LogP contribution in [0.25, 0.3) is 22.3 Å². The van der Waals surface area contributed by atoms with Crippen LogP contribution in [-0.4, -0.2) is 39.8 Å². The predicted molar refractivity (Wildman–Crippen MR) is 114 cm³/mol. The summed E-state index contributed by atoms with van der Waals surface area (Å²) >= 11 is 0. The van der Waals surface area contributed by atoms with Gasteiger partial charge >= 0.3 is 0 Å². The molecule has 1 heterocycles. The smallest absolute Gasteiger partial charge is 0.231 e. The van der Waals surface area contributed by atoms with Crippen molar-refractivity contribution in [3.05, 3.63) is 54.1 Å². The fourth-order valence-electron chi connectivity index (χ4n) is 3.82. The van der Waals surface area contributed by atoms with Crippen LogP contribution in [0.4, 0.5) is 0 Å². The zero-order valence-corrected chi connectivity index (χ0v) is 17.2. The number of aliphatic hydroxyl groups excluding tert-OH is 1. The van der Waals surface area contributed by atoms with E-state index in [1.165, 1.54) is 0 Å². The third kappa shape index (κ3) is 3.39. The summed E-state index contributed by atoms with van der Waals surface area (Å²) in [6.45, 7) is 0.0889. The first kappa shape index (κ1) is 19.9. The van der Waals surface area contributed by atoms with Gasteiger partial charge in [-0.05, 0) is 41.8 Å².